The Balaban J connectivity index is 1.92. The van der Waals surface area contributed by atoms with Crippen molar-refractivity contribution in [2.45, 2.75) is 83.5 Å². The number of carbonyl (C=O) groups excluding carboxylic acids is 2. The predicted molar refractivity (Wildman–Crippen MR) is 154 cm³/mol. The maximum atomic E-state index is 12.7. The van der Waals surface area contributed by atoms with Crippen LogP contribution in [0.4, 0.5) is 4.79 Å². The van der Waals surface area contributed by atoms with Gasteiger partial charge in [-0.2, -0.15) is 0 Å². The van der Waals surface area contributed by atoms with Crippen molar-refractivity contribution >= 4 is 23.4 Å². The van der Waals surface area contributed by atoms with E-state index in [1.165, 1.54) is 18.4 Å². The number of methoxy groups -OCH3 is 1. The molecular weight excluding hydrogens is 512 g/mol. The molecular formula is C31H40N2O5S. The summed E-state index contributed by atoms with van der Waals surface area (Å²) >= 11 is 1.33. The zero-order valence-electron chi connectivity index (χ0n) is 23.5. The predicted octanol–water partition coefficient (Wildman–Crippen LogP) is 6.10. The van der Waals surface area contributed by atoms with Gasteiger partial charge in [0, 0.05) is 5.92 Å². The molecule has 0 bridgehead atoms. The second kappa shape index (κ2) is 14.2. The van der Waals surface area contributed by atoms with Crippen LogP contribution in [0, 0.1) is 0 Å². The summed E-state index contributed by atoms with van der Waals surface area (Å²) in [5, 5.41) is 15.3. The van der Waals surface area contributed by atoms with Gasteiger partial charge in [0.15, 0.2) is 0 Å². The molecule has 0 fully saturated rings. The molecule has 0 aliphatic rings. The number of benzene rings is 2. The number of aromatic nitrogens is 1. The number of ether oxygens (including phenoxy) is 2. The third kappa shape index (κ3) is 9.48. The lowest BCUT2D eigenvalue weighted by Crippen LogP contribution is -2.47. The molecule has 0 saturated heterocycles. The fourth-order valence-electron chi connectivity index (χ4n) is 4.44. The van der Waals surface area contributed by atoms with Crippen molar-refractivity contribution in [1.82, 2.24) is 10.3 Å². The van der Waals surface area contributed by atoms with Gasteiger partial charge in [-0.3, -0.25) is 0 Å². The largest absolute Gasteiger partial charge is 0.465 e. The van der Waals surface area contributed by atoms with Gasteiger partial charge in [-0.05, 0) is 57.6 Å². The maximum Gasteiger partial charge on any atom is 0.407 e. The zero-order chi connectivity index (χ0) is 28.4. The number of nitrogens with one attached hydrogen (secondary N) is 1. The number of aryl methyl sites for hydroxylation is 1. The van der Waals surface area contributed by atoms with Crippen molar-refractivity contribution in [3.05, 3.63) is 87.4 Å². The number of amides is 1. The number of hydrogen-bond donors (Lipinski definition) is 2. The second-order valence-electron chi connectivity index (χ2n) is 10.7. The van der Waals surface area contributed by atoms with Crippen LogP contribution in [0.5, 0.6) is 0 Å². The van der Waals surface area contributed by atoms with E-state index >= 15 is 0 Å². The van der Waals surface area contributed by atoms with Gasteiger partial charge in [0.2, 0.25) is 0 Å². The first kappa shape index (κ1) is 30.3. The molecule has 3 atom stereocenters. The summed E-state index contributed by atoms with van der Waals surface area (Å²) < 4.78 is 10.5. The van der Waals surface area contributed by atoms with Crippen LogP contribution >= 0.6 is 11.3 Å². The van der Waals surface area contributed by atoms with Gasteiger partial charge in [0.05, 0.1) is 30.0 Å². The van der Waals surface area contributed by atoms with Crippen LogP contribution < -0.4 is 5.32 Å². The van der Waals surface area contributed by atoms with Crippen LogP contribution in [0.3, 0.4) is 0 Å². The standard InChI is InChI=1S/C31H40N2O5S/c1-6-13-24-27(29(35)37-5)39-28(32-24)23(18-21-14-9-7-10-15-21)20-26(34)25(19-22-16-11-8-12-17-22)33-30(36)38-31(2,3)4/h7-12,14-17,23,25-26,34H,6,13,18-20H2,1-5H3,(H,33,36)/t23?,25-,26-/m0/s1. The van der Waals surface area contributed by atoms with Crippen LogP contribution in [-0.2, 0) is 28.7 Å². The van der Waals surface area contributed by atoms with Crippen molar-refractivity contribution in [2.75, 3.05) is 7.11 Å². The lowest BCUT2D eigenvalue weighted by Gasteiger charge is -2.29. The Morgan fingerprint density at radius 2 is 1.59 bits per heavy atom. The second-order valence-corrected chi connectivity index (χ2v) is 11.7. The van der Waals surface area contributed by atoms with Crippen LogP contribution in [0.15, 0.2) is 60.7 Å². The number of aliphatic hydroxyl groups is 1. The molecule has 7 nitrogen and oxygen atoms in total. The van der Waals surface area contributed by atoms with E-state index in [2.05, 4.69) is 5.32 Å². The van der Waals surface area contributed by atoms with Gasteiger partial charge >= 0.3 is 12.1 Å². The third-order valence-corrected chi connectivity index (χ3v) is 7.48. The van der Waals surface area contributed by atoms with Gasteiger partial charge in [0.1, 0.15) is 10.5 Å². The Bertz CT molecular complexity index is 1190. The van der Waals surface area contributed by atoms with Crippen LogP contribution in [-0.4, -0.2) is 47.0 Å². The van der Waals surface area contributed by atoms with Gasteiger partial charge in [-0.15, -0.1) is 11.3 Å². The fourth-order valence-corrected chi connectivity index (χ4v) is 5.58. The summed E-state index contributed by atoms with van der Waals surface area (Å²) in [4.78, 5) is 30.6. The summed E-state index contributed by atoms with van der Waals surface area (Å²) in [5.74, 6) is -0.574. The Morgan fingerprint density at radius 3 is 2.13 bits per heavy atom. The minimum Gasteiger partial charge on any atom is -0.465 e. The number of aliphatic hydroxyl groups excluding tert-OH is 1. The maximum absolute atomic E-state index is 12.7. The first-order valence-corrected chi connectivity index (χ1v) is 14.2. The highest BCUT2D eigenvalue weighted by atomic mass is 32.1. The minimum absolute atomic E-state index is 0.180. The molecule has 2 N–H and O–H groups in total. The molecule has 0 radical (unpaired) electrons. The molecule has 39 heavy (non-hydrogen) atoms. The Hall–Kier alpha value is -3.23. The normalized spacial score (nSPS) is 13.8. The van der Waals surface area contributed by atoms with E-state index < -0.39 is 29.8 Å². The van der Waals surface area contributed by atoms with Crippen molar-refractivity contribution in [3.63, 3.8) is 0 Å². The molecule has 3 rings (SSSR count). The minimum atomic E-state index is -0.897. The number of thiazole rings is 1. The van der Waals surface area contributed by atoms with Crippen molar-refractivity contribution in [1.29, 1.82) is 0 Å². The summed E-state index contributed by atoms with van der Waals surface area (Å²) in [5.41, 5.74) is 2.15. The molecule has 0 saturated carbocycles. The smallest absolute Gasteiger partial charge is 0.407 e. The van der Waals surface area contributed by atoms with Gasteiger partial charge in [0.25, 0.3) is 0 Å². The number of esters is 1. The summed E-state index contributed by atoms with van der Waals surface area (Å²) in [6, 6.07) is 19.2. The van der Waals surface area contributed by atoms with E-state index in [0.29, 0.717) is 30.6 Å². The van der Waals surface area contributed by atoms with Crippen LogP contribution in [0.1, 0.15) is 78.0 Å². The molecule has 3 aromatic rings. The average Bonchev–Trinajstić information content (AvgIpc) is 3.31. The lowest BCUT2D eigenvalue weighted by atomic mass is 9.89. The molecule has 0 spiro atoms. The number of alkyl carbamates (subject to hydrolysis) is 1. The highest BCUT2D eigenvalue weighted by molar-refractivity contribution is 7.13. The van der Waals surface area contributed by atoms with Crippen molar-refractivity contribution < 1.29 is 24.2 Å². The third-order valence-electron chi connectivity index (χ3n) is 6.24. The van der Waals surface area contributed by atoms with E-state index in [0.717, 1.165) is 28.2 Å². The van der Waals surface area contributed by atoms with Gasteiger partial charge < -0.3 is 19.9 Å². The Morgan fingerprint density at radius 1 is 1.00 bits per heavy atom. The number of nitrogens with zero attached hydrogens (tertiary/aromatic N) is 1. The lowest BCUT2D eigenvalue weighted by molar-refractivity contribution is 0.0404. The molecule has 0 aliphatic carbocycles. The van der Waals surface area contributed by atoms with E-state index in [4.69, 9.17) is 14.5 Å². The first-order chi connectivity index (χ1) is 18.6. The van der Waals surface area contributed by atoms with E-state index in [1.807, 2.05) is 67.6 Å². The molecule has 1 aromatic heterocycles. The SMILES string of the molecule is CCCc1nc(C(Cc2ccccc2)C[C@H](O)[C@H](Cc2ccccc2)NC(=O)OC(C)(C)C)sc1C(=O)OC. The van der Waals surface area contributed by atoms with Crippen LogP contribution in [0.25, 0.3) is 0 Å². The molecule has 2 aromatic carbocycles. The number of rotatable bonds is 12. The van der Waals surface area contributed by atoms with E-state index in [1.54, 1.807) is 20.8 Å². The summed E-state index contributed by atoms with van der Waals surface area (Å²) in [7, 11) is 1.37. The fraction of sp³-hybridized carbons (Fsp3) is 0.452. The van der Waals surface area contributed by atoms with Crippen LogP contribution in [0.2, 0.25) is 0 Å². The summed E-state index contributed by atoms with van der Waals surface area (Å²) in [6.45, 7) is 7.46. The Kier molecular flexibility index (Phi) is 11.1. The topological polar surface area (TPSA) is 97.8 Å². The zero-order valence-corrected chi connectivity index (χ0v) is 24.3. The van der Waals surface area contributed by atoms with Crippen molar-refractivity contribution in [2.24, 2.45) is 0 Å². The average molecular weight is 553 g/mol. The van der Waals surface area contributed by atoms with Gasteiger partial charge in [-0.1, -0.05) is 74.0 Å². The quantitative estimate of drug-likeness (QED) is 0.264. The van der Waals surface area contributed by atoms with E-state index in [-0.39, 0.29) is 5.92 Å². The molecule has 1 heterocycles. The highest BCUT2D eigenvalue weighted by Gasteiger charge is 2.30. The monoisotopic (exact) mass is 552 g/mol. The Labute approximate surface area is 235 Å². The molecule has 210 valence electrons. The van der Waals surface area contributed by atoms with E-state index in [9.17, 15) is 14.7 Å². The molecule has 8 heteroatoms. The molecule has 1 amide bonds. The molecule has 0 aliphatic heterocycles. The van der Waals surface area contributed by atoms with Gasteiger partial charge in [-0.25, -0.2) is 14.6 Å². The first-order valence-electron chi connectivity index (χ1n) is 13.4. The highest BCUT2D eigenvalue weighted by Crippen LogP contribution is 2.33. The molecule has 1 unspecified atom stereocenters. The summed E-state index contributed by atoms with van der Waals surface area (Å²) in [6.07, 6.45) is 1.44. The number of carbonyl (C=O) groups is 2. The van der Waals surface area contributed by atoms with Crippen molar-refractivity contribution in [3.8, 4) is 0 Å². The number of hydrogen-bond acceptors (Lipinski definition) is 7.